The van der Waals surface area contributed by atoms with Crippen molar-refractivity contribution < 1.29 is 9.90 Å². The Hall–Kier alpha value is -0.570. The van der Waals surface area contributed by atoms with Crippen LogP contribution in [0, 0.1) is 11.8 Å². The third-order valence-corrected chi connectivity index (χ3v) is 4.53. The van der Waals surface area contributed by atoms with Gasteiger partial charge in [0.1, 0.15) is 6.04 Å². The van der Waals surface area contributed by atoms with Gasteiger partial charge in [0, 0.05) is 6.04 Å². The number of hydrogen-bond acceptors (Lipinski definition) is 2. The van der Waals surface area contributed by atoms with E-state index in [-0.39, 0.29) is 12.0 Å². The van der Waals surface area contributed by atoms with Crippen LogP contribution in [-0.4, -0.2) is 34.6 Å². The molecule has 0 bridgehead atoms. The van der Waals surface area contributed by atoms with Gasteiger partial charge in [0.05, 0.1) is 0 Å². The summed E-state index contributed by atoms with van der Waals surface area (Å²) in [5, 5.41) is 9.42. The Morgan fingerprint density at radius 2 is 1.82 bits per heavy atom. The number of likely N-dealkylation sites (tertiary alicyclic amines) is 1. The number of carboxylic acid groups (broad SMARTS) is 1. The van der Waals surface area contributed by atoms with Gasteiger partial charge in [-0.15, -0.1) is 0 Å². The maximum atomic E-state index is 11.4. The summed E-state index contributed by atoms with van der Waals surface area (Å²) < 4.78 is 0. The normalized spacial score (nSPS) is 29.0. The first-order chi connectivity index (χ1) is 8.11. The van der Waals surface area contributed by atoms with Crippen molar-refractivity contribution in [2.75, 3.05) is 6.54 Å². The zero-order valence-corrected chi connectivity index (χ0v) is 11.1. The predicted molar refractivity (Wildman–Crippen MR) is 67.9 cm³/mol. The van der Waals surface area contributed by atoms with Crippen LogP contribution in [0.25, 0.3) is 0 Å². The van der Waals surface area contributed by atoms with Crippen LogP contribution in [0.2, 0.25) is 0 Å². The summed E-state index contributed by atoms with van der Waals surface area (Å²) in [4.78, 5) is 13.7. The Morgan fingerprint density at radius 1 is 1.18 bits per heavy atom. The average molecular weight is 239 g/mol. The van der Waals surface area contributed by atoms with E-state index in [1.54, 1.807) is 0 Å². The second-order valence-corrected chi connectivity index (χ2v) is 6.02. The van der Waals surface area contributed by atoms with Gasteiger partial charge in [-0.3, -0.25) is 9.69 Å². The van der Waals surface area contributed by atoms with Crippen LogP contribution >= 0.6 is 0 Å². The summed E-state index contributed by atoms with van der Waals surface area (Å²) in [5.41, 5.74) is 0. The highest BCUT2D eigenvalue weighted by molar-refractivity contribution is 5.73. The van der Waals surface area contributed by atoms with Crippen LogP contribution in [-0.2, 0) is 4.79 Å². The van der Waals surface area contributed by atoms with Gasteiger partial charge in [0.25, 0.3) is 0 Å². The molecule has 1 aliphatic heterocycles. The first-order valence-electron chi connectivity index (χ1n) is 7.10. The van der Waals surface area contributed by atoms with E-state index in [9.17, 15) is 9.90 Å². The molecule has 1 heterocycles. The van der Waals surface area contributed by atoms with E-state index in [0.717, 1.165) is 12.5 Å². The lowest BCUT2D eigenvalue weighted by atomic mass is 9.93. The summed E-state index contributed by atoms with van der Waals surface area (Å²) >= 11 is 0. The van der Waals surface area contributed by atoms with Crippen LogP contribution in [0.4, 0.5) is 0 Å². The van der Waals surface area contributed by atoms with Crippen LogP contribution in [0.1, 0.15) is 52.4 Å². The van der Waals surface area contributed by atoms with Crippen LogP contribution in [0.15, 0.2) is 0 Å². The van der Waals surface area contributed by atoms with Crippen molar-refractivity contribution in [2.24, 2.45) is 11.8 Å². The largest absolute Gasteiger partial charge is 0.480 e. The van der Waals surface area contributed by atoms with E-state index in [2.05, 4.69) is 4.90 Å². The molecular formula is C14H25NO2. The predicted octanol–water partition coefficient (Wildman–Crippen LogP) is 2.75. The molecule has 1 saturated heterocycles. The lowest BCUT2D eigenvalue weighted by Crippen LogP contribution is -2.49. The molecule has 0 aromatic carbocycles. The number of hydrogen-bond donors (Lipinski definition) is 1. The van der Waals surface area contributed by atoms with E-state index in [4.69, 9.17) is 0 Å². The van der Waals surface area contributed by atoms with E-state index in [1.165, 1.54) is 38.5 Å². The zero-order chi connectivity index (χ0) is 12.4. The summed E-state index contributed by atoms with van der Waals surface area (Å²) in [7, 11) is 0. The lowest BCUT2D eigenvalue weighted by molar-refractivity contribution is -0.146. The second-order valence-electron chi connectivity index (χ2n) is 6.02. The standard InChI is InChI=1S/C14H25NO2/c1-10(2)13(14(16)17)15-9-5-8-12(15)11-6-3-4-7-11/h10-13H,3-9H2,1-2H3,(H,16,17). The van der Waals surface area contributed by atoms with Crippen molar-refractivity contribution >= 4 is 5.97 Å². The fourth-order valence-electron chi connectivity index (χ4n) is 3.82. The highest BCUT2D eigenvalue weighted by Gasteiger charge is 2.40. The first kappa shape index (κ1) is 12.9. The minimum atomic E-state index is -0.634. The minimum Gasteiger partial charge on any atom is -0.480 e. The van der Waals surface area contributed by atoms with Gasteiger partial charge in [0.2, 0.25) is 0 Å². The zero-order valence-electron chi connectivity index (χ0n) is 11.1. The Kier molecular flexibility index (Phi) is 4.08. The maximum Gasteiger partial charge on any atom is 0.321 e. The quantitative estimate of drug-likeness (QED) is 0.820. The summed E-state index contributed by atoms with van der Waals surface area (Å²) in [6, 6.07) is 0.268. The molecule has 17 heavy (non-hydrogen) atoms. The first-order valence-corrected chi connectivity index (χ1v) is 7.10. The van der Waals surface area contributed by atoms with Gasteiger partial charge < -0.3 is 5.11 Å². The molecule has 0 aromatic rings. The van der Waals surface area contributed by atoms with Crippen molar-refractivity contribution in [3.63, 3.8) is 0 Å². The fourth-order valence-corrected chi connectivity index (χ4v) is 3.82. The third kappa shape index (κ3) is 2.65. The third-order valence-electron chi connectivity index (χ3n) is 4.53. The molecule has 3 heteroatoms. The molecule has 1 N–H and O–H groups in total. The van der Waals surface area contributed by atoms with Gasteiger partial charge in [-0.1, -0.05) is 26.7 Å². The van der Waals surface area contributed by atoms with Crippen molar-refractivity contribution in [2.45, 2.75) is 64.5 Å². The molecule has 1 aliphatic carbocycles. The highest BCUT2D eigenvalue weighted by Crippen LogP contribution is 2.37. The molecular weight excluding hydrogens is 214 g/mol. The minimum absolute atomic E-state index is 0.203. The number of rotatable bonds is 4. The molecule has 3 nitrogen and oxygen atoms in total. The molecule has 0 radical (unpaired) electrons. The Labute approximate surface area is 104 Å². The smallest absolute Gasteiger partial charge is 0.321 e. The van der Waals surface area contributed by atoms with E-state index in [1.807, 2.05) is 13.8 Å². The molecule has 2 rings (SSSR count). The van der Waals surface area contributed by atoms with Crippen molar-refractivity contribution in [3.8, 4) is 0 Å². The number of carboxylic acids is 1. The maximum absolute atomic E-state index is 11.4. The van der Waals surface area contributed by atoms with Gasteiger partial charge in [-0.2, -0.15) is 0 Å². The molecule has 2 unspecified atom stereocenters. The topological polar surface area (TPSA) is 40.5 Å². The molecule has 2 atom stereocenters. The molecule has 2 fully saturated rings. The Morgan fingerprint density at radius 3 is 2.35 bits per heavy atom. The van der Waals surface area contributed by atoms with Crippen LogP contribution in [0.5, 0.6) is 0 Å². The number of nitrogens with zero attached hydrogens (tertiary/aromatic N) is 1. The average Bonchev–Trinajstić information content (AvgIpc) is 2.84. The SMILES string of the molecule is CC(C)C(C(=O)O)N1CCCC1C1CCCC1. The highest BCUT2D eigenvalue weighted by atomic mass is 16.4. The van der Waals surface area contributed by atoms with Crippen molar-refractivity contribution in [1.82, 2.24) is 4.90 Å². The number of aliphatic carboxylic acids is 1. The summed E-state index contributed by atoms with van der Waals surface area (Å²) in [6.07, 6.45) is 7.69. The van der Waals surface area contributed by atoms with Crippen molar-refractivity contribution in [1.29, 1.82) is 0 Å². The molecule has 0 amide bonds. The second kappa shape index (κ2) is 5.38. The Bertz CT molecular complexity index is 271. The van der Waals surface area contributed by atoms with Crippen LogP contribution < -0.4 is 0 Å². The van der Waals surface area contributed by atoms with E-state index >= 15 is 0 Å². The molecule has 0 spiro atoms. The summed E-state index contributed by atoms with van der Waals surface area (Å²) in [6.45, 7) is 5.04. The lowest BCUT2D eigenvalue weighted by Gasteiger charge is -2.35. The van der Waals surface area contributed by atoms with Gasteiger partial charge >= 0.3 is 5.97 Å². The van der Waals surface area contributed by atoms with E-state index < -0.39 is 5.97 Å². The summed E-state index contributed by atoms with van der Waals surface area (Å²) in [5.74, 6) is 0.331. The molecule has 98 valence electrons. The van der Waals surface area contributed by atoms with Crippen LogP contribution in [0.3, 0.4) is 0 Å². The van der Waals surface area contributed by atoms with Gasteiger partial charge in [-0.05, 0) is 44.1 Å². The monoisotopic (exact) mass is 239 g/mol. The molecule has 1 saturated carbocycles. The van der Waals surface area contributed by atoms with Gasteiger partial charge in [-0.25, -0.2) is 0 Å². The molecule has 0 aromatic heterocycles. The van der Waals surface area contributed by atoms with Gasteiger partial charge in [0.15, 0.2) is 0 Å². The molecule has 2 aliphatic rings. The van der Waals surface area contributed by atoms with E-state index in [0.29, 0.717) is 6.04 Å². The number of carbonyl (C=O) groups is 1. The fraction of sp³-hybridized carbons (Fsp3) is 0.929. The Balaban J connectivity index is 2.09. The van der Waals surface area contributed by atoms with Crippen molar-refractivity contribution in [3.05, 3.63) is 0 Å².